The van der Waals surface area contributed by atoms with Crippen molar-refractivity contribution in [3.05, 3.63) is 77.0 Å². The van der Waals surface area contributed by atoms with E-state index in [9.17, 15) is 8.42 Å². The first-order valence-electron chi connectivity index (χ1n) is 9.61. The average molecular weight is 422 g/mol. The third-order valence-electron chi connectivity index (χ3n) is 5.21. The molecule has 0 spiro atoms. The highest BCUT2D eigenvalue weighted by Crippen LogP contribution is 2.33. The molecule has 4 aromatic rings. The van der Waals surface area contributed by atoms with E-state index < -0.39 is 9.84 Å². The van der Waals surface area contributed by atoms with Gasteiger partial charge in [0, 0.05) is 35.4 Å². The monoisotopic (exact) mass is 421 g/mol. The second-order valence-electron chi connectivity index (χ2n) is 7.61. The summed E-state index contributed by atoms with van der Waals surface area (Å²) in [5.41, 5.74) is 12.5. The lowest BCUT2D eigenvalue weighted by atomic mass is 9.93. The summed E-state index contributed by atoms with van der Waals surface area (Å²) in [5.74, 6) is 0. The van der Waals surface area contributed by atoms with E-state index in [0.29, 0.717) is 12.1 Å². The zero-order valence-electron chi connectivity index (χ0n) is 17.1. The lowest BCUT2D eigenvalue weighted by Gasteiger charge is -2.17. The summed E-state index contributed by atoms with van der Waals surface area (Å²) < 4.78 is 29.3. The number of aromatic nitrogens is 2. The summed E-state index contributed by atoms with van der Waals surface area (Å²) >= 11 is 0. The Bertz CT molecular complexity index is 1340. The van der Waals surface area contributed by atoms with Crippen LogP contribution in [0, 0.1) is 13.8 Å². The molecule has 2 aromatic carbocycles. The Hall–Kier alpha value is -3.03. The molecule has 0 saturated carbocycles. The minimum absolute atomic E-state index is 0.0569. The van der Waals surface area contributed by atoms with Gasteiger partial charge in [-0.15, -0.1) is 0 Å². The van der Waals surface area contributed by atoms with E-state index in [0.717, 1.165) is 45.2 Å². The fourth-order valence-electron chi connectivity index (χ4n) is 3.56. The van der Waals surface area contributed by atoms with Crippen molar-refractivity contribution in [1.29, 1.82) is 0 Å². The van der Waals surface area contributed by atoms with Crippen molar-refractivity contribution in [2.45, 2.75) is 31.3 Å². The smallest absolute Gasteiger partial charge is 0.192 e. The standard InChI is InChI=1S/C23H23N3O3S/c1-14-8-10-18-21(12-14)29-26-23(18)17-7-5-4-6-16(17)19(24)13-20-15(2)9-11-22(25-20)30(3,27)28/h4-12,19H,13,24H2,1-3H3. The van der Waals surface area contributed by atoms with E-state index in [1.165, 1.54) is 6.07 Å². The molecule has 0 aliphatic heterocycles. The van der Waals surface area contributed by atoms with Crippen molar-refractivity contribution in [2.24, 2.45) is 5.73 Å². The number of benzene rings is 2. The van der Waals surface area contributed by atoms with Crippen LogP contribution in [0.5, 0.6) is 0 Å². The first kappa shape index (κ1) is 20.3. The van der Waals surface area contributed by atoms with Gasteiger partial charge in [-0.3, -0.25) is 0 Å². The van der Waals surface area contributed by atoms with Crippen molar-refractivity contribution in [3.8, 4) is 11.3 Å². The van der Waals surface area contributed by atoms with Crippen LogP contribution in [-0.4, -0.2) is 24.8 Å². The minimum atomic E-state index is -3.39. The number of fused-ring (bicyclic) bond motifs is 1. The zero-order chi connectivity index (χ0) is 21.5. The van der Waals surface area contributed by atoms with E-state index >= 15 is 0 Å². The van der Waals surface area contributed by atoms with Crippen LogP contribution >= 0.6 is 0 Å². The summed E-state index contributed by atoms with van der Waals surface area (Å²) in [6.07, 6.45) is 1.56. The third kappa shape index (κ3) is 3.86. The highest BCUT2D eigenvalue weighted by molar-refractivity contribution is 7.90. The Labute approximate surface area is 175 Å². The lowest BCUT2D eigenvalue weighted by molar-refractivity contribution is 0.459. The van der Waals surface area contributed by atoms with E-state index in [2.05, 4.69) is 10.1 Å². The van der Waals surface area contributed by atoms with Crippen molar-refractivity contribution in [2.75, 3.05) is 6.26 Å². The molecule has 154 valence electrons. The van der Waals surface area contributed by atoms with E-state index in [4.69, 9.17) is 10.3 Å². The molecule has 0 aliphatic rings. The molecule has 0 radical (unpaired) electrons. The predicted octanol–water partition coefficient (Wildman–Crippen LogP) is 4.15. The van der Waals surface area contributed by atoms with Crippen molar-refractivity contribution < 1.29 is 12.9 Å². The Morgan fingerprint density at radius 2 is 1.83 bits per heavy atom. The highest BCUT2D eigenvalue weighted by Gasteiger charge is 2.20. The van der Waals surface area contributed by atoms with Gasteiger partial charge in [0.15, 0.2) is 20.4 Å². The van der Waals surface area contributed by atoms with Crippen molar-refractivity contribution in [1.82, 2.24) is 10.1 Å². The van der Waals surface area contributed by atoms with Crippen LogP contribution in [0.3, 0.4) is 0 Å². The summed E-state index contributed by atoms with van der Waals surface area (Å²) in [5, 5.41) is 5.28. The maximum absolute atomic E-state index is 11.9. The molecule has 1 atom stereocenters. The number of aryl methyl sites for hydroxylation is 2. The quantitative estimate of drug-likeness (QED) is 0.520. The Kier molecular flexibility index (Phi) is 5.17. The van der Waals surface area contributed by atoms with Crippen LogP contribution in [0.2, 0.25) is 0 Å². The van der Waals surface area contributed by atoms with E-state index in [1.54, 1.807) is 6.07 Å². The molecule has 0 aliphatic carbocycles. The molecule has 0 saturated heterocycles. The number of hydrogen-bond donors (Lipinski definition) is 1. The molecule has 0 fully saturated rings. The number of nitrogens with two attached hydrogens (primary N) is 1. The normalized spacial score (nSPS) is 12.9. The Morgan fingerprint density at radius 3 is 2.60 bits per heavy atom. The van der Waals surface area contributed by atoms with Crippen molar-refractivity contribution in [3.63, 3.8) is 0 Å². The predicted molar refractivity (Wildman–Crippen MR) is 117 cm³/mol. The summed E-state index contributed by atoms with van der Waals surface area (Å²) in [7, 11) is -3.39. The molecule has 2 heterocycles. The lowest BCUT2D eigenvalue weighted by Crippen LogP contribution is -2.17. The van der Waals surface area contributed by atoms with Crippen LogP contribution in [0.4, 0.5) is 0 Å². The Morgan fingerprint density at radius 1 is 1.07 bits per heavy atom. The van der Waals surface area contributed by atoms with Gasteiger partial charge in [0.25, 0.3) is 0 Å². The van der Waals surface area contributed by atoms with Gasteiger partial charge < -0.3 is 10.3 Å². The van der Waals surface area contributed by atoms with Gasteiger partial charge in [-0.25, -0.2) is 13.4 Å². The van der Waals surface area contributed by atoms with Gasteiger partial charge in [-0.2, -0.15) is 0 Å². The average Bonchev–Trinajstić information content (AvgIpc) is 3.11. The fourth-order valence-corrected chi connectivity index (χ4v) is 4.15. The topological polar surface area (TPSA) is 99.1 Å². The molecule has 2 N–H and O–H groups in total. The number of rotatable bonds is 5. The molecule has 0 bridgehead atoms. The van der Waals surface area contributed by atoms with Crippen LogP contribution in [0.25, 0.3) is 22.2 Å². The SMILES string of the molecule is Cc1ccc2c(-c3ccccc3C(N)Cc3nc(S(C)(=O)=O)ccc3C)noc2c1. The Balaban J connectivity index is 1.74. The molecular weight excluding hydrogens is 398 g/mol. The van der Waals surface area contributed by atoms with E-state index in [1.807, 2.05) is 56.3 Å². The molecule has 6 nitrogen and oxygen atoms in total. The maximum Gasteiger partial charge on any atom is 0.192 e. The highest BCUT2D eigenvalue weighted by atomic mass is 32.2. The fraction of sp³-hybridized carbons (Fsp3) is 0.217. The molecule has 7 heteroatoms. The summed E-state index contributed by atoms with van der Waals surface area (Å²) in [4.78, 5) is 4.36. The van der Waals surface area contributed by atoms with Gasteiger partial charge in [-0.05, 0) is 48.7 Å². The largest absolute Gasteiger partial charge is 0.356 e. The molecule has 4 rings (SSSR count). The van der Waals surface area contributed by atoms with Gasteiger partial charge in [-0.1, -0.05) is 41.6 Å². The number of sulfone groups is 1. The summed E-state index contributed by atoms with van der Waals surface area (Å²) in [6, 6.07) is 16.7. The first-order chi connectivity index (χ1) is 14.2. The maximum atomic E-state index is 11.9. The summed E-state index contributed by atoms with van der Waals surface area (Å²) in [6.45, 7) is 3.91. The van der Waals surface area contributed by atoms with Crippen LogP contribution in [0.1, 0.15) is 28.4 Å². The molecule has 30 heavy (non-hydrogen) atoms. The second-order valence-corrected chi connectivity index (χ2v) is 9.58. The number of hydrogen-bond acceptors (Lipinski definition) is 6. The van der Waals surface area contributed by atoms with Crippen LogP contribution in [-0.2, 0) is 16.3 Å². The second kappa shape index (κ2) is 7.66. The van der Waals surface area contributed by atoms with Gasteiger partial charge in [0.05, 0.1) is 0 Å². The van der Waals surface area contributed by atoms with Crippen molar-refractivity contribution >= 4 is 20.8 Å². The van der Waals surface area contributed by atoms with Gasteiger partial charge in [0.1, 0.15) is 5.69 Å². The third-order valence-corrected chi connectivity index (χ3v) is 6.20. The van der Waals surface area contributed by atoms with Crippen LogP contribution < -0.4 is 5.73 Å². The zero-order valence-corrected chi connectivity index (χ0v) is 17.9. The number of pyridine rings is 1. The molecular formula is C23H23N3O3S. The molecule has 0 amide bonds. The van der Waals surface area contributed by atoms with E-state index in [-0.39, 0.29) is 11.1 Å². The number of nitrogens with zero attached hydrogens (tertiary/aromatic N) is 2. The first-order valence-corrected chi connectivity index (χ1v) is 11.5. The molecule has 1 unspecified atom stereocenters. The van der Waals surface area contributed by atoms with Gasteiger partial charge >= 0.3 is 0 Å². The van der Waals surface area contributed by atoms with Crippen LogP contribution in [0.15, 0.2) is 64.1 Å². The van der Waals surface area contributed by atoms with Gasteiger partial charge in [0.2, 0.25) is 0 Å². The minimum Gasteiger partial charge on any atom is -0.356 e. The molecule has 2 aromatic heterocycles.